The van der Waals surface area contributed by atoms with Gasteiger partial charge in [0.1, 0.15) is 5.82 Å². The number of morpholine rings is 1. The van der Waals surface area contributed by atoms with Crippen molar-refractivity contribution in [3.05, 3.63) is 48.7 Å². The molecular weight excluding hydrogens is 452 g/mol. The molecule has 2 aromatic carbocycles. The van der Waals surface area contributed by atoms with E-state index in [1.165, 1.54) is 5.52 Å². The third kappa shape index (κ3) is 4.54. The average molecular weight is 485 g/mol. The minimum absolute atomic E-state index is 0.112. The van der Waals surface area contributed by atoms with Gasteiger partial charge in [-0.3, -0.25) is 4.79 Å². The fraction of sp³-hybridized carbons (Fsp3) is 0.393. The van der Waals surface area contributed by atoms with Crippen LogP contribution in [0.15, 0.2) is 48.7 Å². The van der Waals surface area contributed by atoms with Crippen molar-refractivity contribution < 1.29 is 9.53 Å². The van der Waals surface area contributed by atoms with Crippen LogP contribution in [0.5, 0.6) is 0 Å². The van der Waals surface area contributed by atoms with Crippen LogP contribution in [0, 0.1) is 5.92 Å². The molecule has 0 unspecified atom stereocenters. The second-order valence-corrected chi connectivity index (χ2v) is 10.0. The van der Waals surface area contributed by atoms with E-state index in [-0.39, 0.29) is 11.8 Å². The first-order valence-electron chi connectivity index (χ1n) is 12.7. The van der Waals surface area contributed by atoms with Crippen molar-refractivity contribution in [1.29, 1.82) is 0 Å². The number of anilines is 2. The molecule has 1 aliphatic heterocycles. The Morgan fingerprint density at radius 2 is 1.81 bits per heavy atom. The molecule has 2 fully saturated rings. The van der Waals surface area contributed by atoms with Crippen LogP contribution in [0.3, 0.4) is 0 Å². The number of nitrogens with one attached hydrogen (secondary N) is 1. The van der Waals surface area contributed by atoms with E-state index in [0.29, 0.717) is 19.0 Å². The van der Waals surface area contributed by atoms with Crippen molar-refractivity contribution in [2.45, 2.75) is 19.4 Å². The molecule has 8 heteroatoms. The first kappa shape index (κ1) is 22.9. The Hall–Kier alpha value is -3.49. The number of fused-ring (bicyclic) bond motifs is 3. The maximum atomic E-state index is 12.1. The number of aromatic nitrogens is 3. The van der Waals surface area contributed by atoms with Gasteiger partial charge in [-0.25, -0.2) is 9.97 Å². The highest BCUT2D eigenvalue weighted by Crippen LogP contribution is 2.34. The Labute approximate surface area is 210 Å². The molecular formula is C28H32N6O2. The van der Waals surface area contributed by atoms with E-state index >= 15 is 0 Å². The minimum atomic E-state index is 0.112. The number of carbonyl (C=O) groups is 1. The second kappa shape index (κ2) is 9.52. The first-order valence-corrected chi connectivity index (χ1v) is 12.7. The molecule has 1 aliphatic carbocycles. The van der Waals surface area contributed by atoms with E-state index in [9.17, 15) is 4.79 Å². The number of benzene rings is 2. The molecule has 0 radical (unpaired) electrons. The standard InChI is InChI=1S/C28H32N6O2/c1-32(2)13-14-33-12-11-22-24(33)10-9-23-25(22)30-26(31-27(23)34-15-17-36-18-16-34)19-5-7-21(8-6-19)29-28(35)20-3-4-20/h5-12,20H,3-4,13-18H2,1-2H3,(H,29,35). The quantitative estimate of drug-likeness (QED) is 0.427. The highest BCUT2D eigenvalue weighted by atomic mass is 16.5. The molecule has 8 nitrogen and oxygen atoms in total. The van der Waals surface area contributed by atoms with Crippen molar-refractivity contribution in [2.24, 2.45) is 5.92 Å². The zero-order valence-corrected chi connectivity index (χ0v) is 20.9. The molecule has 0 bridgehead atoms. The average Bonchev–Trinajstić information content (AvgIpc) is 3.67. The molecule has 1 amide bonds. The lowest BCUT2D eigenvalue weighted by Gasteiger charge is -2.29. The highest BCUT2D eigenvalue weighted by Gasteiger charge is 2.29. The second-order valence-electron chi connectivity index (χ2n) is 10.0. The molecule has 1 saturated heterocycles. The Morgan fingerprint density at radius 3 is 2.53 bits per heavy atom. The van der Waals surface area contributed by atoms with Gasteiger partial charge in [-0.1, -0.05) is 0 Å². The van der Waals surface area contributed by atoms with Crippen molar-refractivity contribution in [3.63, 3.8) is 0 Å². The molecule has 3 heterocycles. The summed E-state index contributed by atoms with van der Waals surface area (Å²) in [6.45, 7) is 4.89. The number of amides is 1. The molecule has 6 rings (SSSR count). The summed E-state index contributed by atoms with van der Waals surface area (Å²) in [4.78, 5) is 26.8. The van der Waals surface area contributed by atoms with Crippen LogP contribution in [0.1, 0.15) is 12.8 Å². The summed E-state index contributed by atoms with van der Waals surface area (Å²) in [6, 6.07) is 14.4. The summed E-state index contributed by atoms with van der Waals surface area (Å²) in [7, 11) is 4.19. The van der Waals surface area contributed by atoms with Crippen LogP contribution in [0.25, 0.3) is 33.2 Å². The minimum Gasteiger partial charge on any atom is -0.378 e. The smallest absolute Gasteiger partial charge is 0.227 e. The predicted octanol–water partition coefficient (Wildman–Crippen LogP) is 4.00. The topological polar surface area (TPSA) is 75.5 Å². The third-order valence-corrected chi connectivity index (χ3v) is 7.05. The largest absolute Gasteiger partial charge is 0.378 e. The molecule has 2 aliphatic rings. The Balaban J connectivity index is 1.42. The van der Waals surface area contributed by atoms with Gasteiger partial charge in [0, 0.05) is 60.3 Å². The summed E-state index contributed by atoms with van der Waals surface area (Å²) >= 11 is 0. The monoisotopic (exact) mass is 484 g/mol. The van der Waals surface area contributed by atoms with E-state index in [1.807, 2.05) is 24.3 Å². The number of nitrogens with zero attached hydrogens (tertiary/aromatic N) is 5. The van der Waals surface area contributed by atoms with Gasteiger partial charge >= 0.3 is 0 Å². The van der Waals surface area contributed by atoms with Gasteiger partial charge in [0.15, 0.2) is 5.82 Å². The van der Waals surface area contributed by atoms with E-state index in [1.54, 1.807) is 0 Å². The lowest BCUT2D eigenvalue weighted by molar-refractivity contribution is -0.117. The van der Waals surface area contributed by atoms with Crippen LogP contribution in [0.2, 0.25) is 0 Å². The molecule has 0 spiro atoms. The van der Waals surface area contributed by atoms with Crippen molar-refractivity contribution >= 4 is 39.2 Å². The van der Waals surface area contributed by atoms with Crippen molar-refractivity contribution in [2.75, 3.05) is 57.2 Å². The fourth-order valence-electron chi connectivity index (χ4n) is 4.79. The van der Waals surface area contributed by atoms with Gasteiger partial charge in [-0.15, -0.1) is 0 Å². The highest BCUT2D eigenvalue weighted by molar-refractivity contribution is 6.08. The van der Waals surface area contributed by atoms with Gasteiger partial charge in [-0.2, -0.15) is 0 Å². The summed E-state index contributed by atoms with van der Waals surface area (Å²) in [5.41, 5.74) is 3.89. The third-order valence-electron chi connectivity index (χ3n) is 7.05. The van der Waals surface area contributed by atoms with E-state index < -0.39 is 0 Å². The van der Waals surface area contributed by atoms with Gasteiger partial charge in [0.25, 0.3) is 0 Å². The number of rotatable bonds is 7. The number of carbonyl (C=O) groups excluding carboxylic acids is 1. The summed E-state index contributed by atoms with van der Waals surface area (Å²) in [5, 5.41) is 5.21. The van der Waals surface area contributed by atoms with Gasteiger partial charge in [-0.05, 0) is 69.4 Å². The Bertz CT molecular complexity index is 1400. The molecule has 1 saturated carbocycles. The lowest BCUT2D eigenvalue weighted by atomic mass is 10.1. The fourth-order valence-corrected chi connectivity index (χ4v) is 4.79. The van der Waals surface area contributed by atoms with Crippen LogP contribution in [-0.4, -0.2) is 72.3 Å². The molecule has 0 atom stereocenters. The maximum Gasteiger partial charge on any atom is 0.227 e. The van der Waals surface area contributed by atoms with Crippen LogP contribution in [-0.2, 0) is 16.1 Å². The van der Waals surface area contributed by atoms with Crippen LogP contribution in [0.4, 0.5) is 11.5 Å². The van der Waals surface area contributed by atoms with Crippen molar-refractivity contribution in [3.8, 4) is 11.4 Å². The molecule has 186 valence electrons. The Morgan fingerprint density at radius 1 is 1.03 bits per heavy atom. The molecule has 36 heavy (non-hydrogen) atoms. The van der Waals surface area contributed by atoms with Gasteiger partial charge in [0.05, 0.1) is 24.2 Å². The summed E-state index contributed by atoms with van der Waals surface area (Å²) in [5.74, 6) is 1.93. The number of ether oxygens (including phenoxy) is 1. The number of hydrogen-bond acceptors (Lipinski definition) is 6. The first-order chi connectivity index (χ1) is 17.6. The van der Waals surface area contributed by atoms with Gasteiger partial charge in [0.2, 0.25) is 5.91 Å². The van der Waals surface area contributed by atoms with E-state index in [2.05, 4.69) is 58.2 Å². The maximum absolute atomic E-state index is 12.1. The predicted molar refractivity (Wildman–Crippen MR) is 143 cm³/mol. The SMILES string of the molecule is CN(C)CCn1ccc2c3nc(-c4ccc(NC(=O)C5CC5)cc4)nc(N4CCOCC4)c3ccc21. The zero-order chi connectivity index (χ0) is 24.6. The number of hydrogen-bond donors (Lipinski definition) is 1. The molecule has 2 aromatic heterocycles. The van der Waals surface area contributed by atoms with Crippen molar-refractivity contribution in [1.82, 2.24) is 19.4 Å². The van der Waals surface area contributed by atoms with E-state index in [0.717, 1.165) is 72.4 Å². The summed E-state index contributed by atoms with van der Waals surface area (Å²) < 4.78 is 7.90. The van der Waals surface area contributed by atoms with Crippen LogP contribution < -0.4 is 10.2 Å². The Kier molecular flexibility index (Phi) is 6.07. The van der Waals surface area contributed by atoms with Crippen LogP contribution >= 0.6 is 0 Å². The normalized spacial score (nSPS) is 16.2. The van der Waals surface area contributed by atoms with Gasteiger partial charge < -0.3 is 24.4 Å². The van der Waals surface area contributed by atoms with E-state index in [4.69, 9.17) is 14.7 Å². The summed E-state index contributed by atoms with van der Waals surface area (Å²) in [6.07, 6.45) is 4.14. The number of likely N-dealkylation sites (N-methyl/N-ethyl adjacent to an activating group) is 1. The molecule has 4 aromatic rings. The zero-order valence-electron chi connectivity index (χ0n) is 20.9. The molecule has 1 N–H and O–H groups in total. The lowest BCUT2D eigenvalue weighted by Crippen LogP contribution is -2.37.